The van der Waals surface area contributed by atoms with Crippen molar-refractivity contribution in [3.63, 3.8) is 0 Å². The molecule has 2 aliphatic heterocycles. The predicted molar refractivity (Wildman–Crippen MR) is 71.7 cm³/mol. The zero-order valence-corrected chi connectivity index (χ0v) is 11.8. The first-order chi connectivity index (χ1) is 8.63. The monoisotopic (exact) mass is 253 g/mol. The van der Waals surface area contributed by atoms with Gasteiger partial charge in [0.2, 0.25) is 0 Å². The first kappa shape index (κ1) is 12.9. The molecule has 2 unspecified atom stereocenters. The lowest BCUT2D eigenvalue weighted by Crippen LogP contribution is -2.62. The van der Waals surface area contributed by atoms with E-state index in [9.17, 15) is 0 Å². The summed E-state index contributed by atoms with van der Waals surface area (Å²) in [4.78, 5) is 0. The summed E-state index contributed by atoms with van der Waals surface area (Å²) in [5.74, 6) is 0.590. The molecule has 3 nitrogen and oxygen atoms in total. The maximum Gasteiger partial charge on any atom is 0.0861 e. The maximum absolute atomic E-state index is 6.70. The Kier molecular flexibility index (Phi) is 3.41. The average Bonchev–Trinajstić information content (AvgIpc) is 2.77. The Labute approximate surface area is 111 Å². The fourth-order valence-corrected chi connectivity index (χ4v) is 3.95. The zero-order valence-electron chi connectivity index (χ0n) is 11.8. The van der Waals surface area contributed by atoms with Gasteiger partial charge in [0.1, 0.15) is 0 Å². The van der Waals surface area contributed by atoms with E-state index in [0.29, 0.717) is 12.0 Å². The van der Waals surface area contributed by atoms with Crippen LogP contribution >= 0.6 is 0 Å². The van der Waals surface area contributed by atoms with Crippen molar-refractivity contribution in [2.24, 2.45) is 5.92 Å². The quantitative estimate of drug-likeness (QED) is 0.779. The van der Waals surface area contributed by atoms with Crippen LogP contribution in [0.5, 0.6) is 0 Å². The van der Waals surface area contributed by atoms with Crippen LogP contribution in [0, 0.1) is 5.92 Å². The molecule has 1 aliphatic carbocycles. The number of nitrogens with one attached hydrogen (secondary N) is 1. The second-order valence-corrected chi connectivity index (χ2v) is 6.89. The van der Waals surface area contributed by atoms with Gasteiger partial charge in [-0.3, -0.25) is 0 Å². The van der Waals surface area contributed by atoms with Gasteiger partial charge in [-0.1, -0.05) is 26.7 Å². The van der Waals surface area contributed by atoms with Crippen molar-refractivity contribution >= 4 is 0 Å². The smallest absolute Gasteiger partial charge is 0.0861 e. The summed E-state index contributed by atoms with van der Waals surface area (Å²) in [5.41, 5.74) is 0.201. The largest absolute Gasteiger partial charge is 0.378 e. The highest BCUT2D eigenvalue weighted by Crippen LogP contribution is 2.43. The lowest BCUT2D eigenvalue weighted by Gasteiger charge is -2.51. The number of hydrogen-bond donors (Lipinski definition) is 1. The molecule has 3 rings (SSSR count). The highest BCUT2D eigenvalue weighted by molar-refractivity contribution is 5.01. The first-order valence-corrected chi connectivity index (χ1v) is 7.66. The molecule has 3 fully saturated rings. The van der Waals surface area contributed by atoms with Gasteiger partial charge in [-0.15, -0.1) is 0 Å². The fraction of sp³-hybridized carbons (Fsp3) is 1.00. The van der Waals surface area contributed by atoms with E-state index in [0.717, 1.165) is 32.5 Å². The minimum atomic E-state index is 0.0514. The van der Waals surface area contributed by atoms with E-state index in [1.807, 2.05) is 0 Å². The Hall–Kier alpha value is -0.120. The van der Waals surface area contributed by atoms with E-state index < -0.39 is 0 Å². The van der Waals surface area contributed by atoms with E-state index in [1.165, 1.54) is 25.7 Å². The Bertz CT molecular complexity index is 295. The van der Waals surface area contributed by atoms with Crippen molar-refractivity contribution in [3.8, 4) is 0 Å². The topological polar surface area (TPSA) is 30.5 Å². The summed E-state index contributed by atoms with van der Waals surface area (Å²) in [6, 6.07) is 0. The van der Waals surface area contributed by atoms with Crippen LogP contribution in [-0.4, -0.2) is 37.0 Å². The van der Waals surface area contributed by atoms with Crippen LogP contribution in [0.3, 0.4) is 0 Å². The van der Waals surface area contributed by atoms with Gasteiger partial charge in [0.25, 0.3) is 0 Å². The molecule has 2 atom stereocenters. The molecular weight excluding hydrogens is 226 g/mol. The number of ether oxygens (including phenoxy) is 2. The minimum absolute atomic E-state index is 0.0514. The van der Waals surface area contributed by atoms with Crippen molar-refractivity contribution in [3.05, 3.63) is 0 Å². The van der Waals surface area contributed by atoms with Crippen LogP contribution in [-0.2, 0) is 9.47 Å². The van der Waals surface area contributed by atoms with Crippen LogP contribution < -0.4 is 5.32 Å². The van der Waals surface area contributed by atoms with Gasteiger partial charge in [0.15, 0.2) is 0 Å². The van der Waals surface area contributed by atoms with E-state index in [2.05, 4.69) is 19.2 Å². The van der Waals surface area contributed by atoms with Crippen molar-refractivity contribution in [1.82, 2.24) is 5.32 Å². The SMILES string of the molecule is CC(C)C1CC2(CCO1)CNCC1(CCCC1)O2. The normalized spacial score (nSPS) is 39.8. The summed E-state index contributed by atoms with van der Waals surface area (Å²) in [6.45, 7) is 7.44. The van der Waals surface area contributed by atoms with Crippen molar-refractivity contribution in [2.45, 2.75) is 69.7 Å². The number of morpholine rings is 1. The minimum Gasteiger partial charge on any atom is -0.378 e. The van der Waals surface area contributed by atoms with Crippen LogP contribution in [0.1, 0.15) is 52.4 Å². The summed E-state index contributed by atoms with van der Waals surface area (Å²) >= 11 is 0. The molecule has 18 heavy (non-hydrogen) atoms. The maximum atomic E-state index is 6.70. The molecule has 2 spiro atoms. The number of hydrogen-bond acceptors (Lipinski definition) is 3. The first-order valence-electron chi connectivity index (χ1n) is 7.66. The number of rotatable bonds is 1. The molecule has 0 aromatic heterocycles. The average molecular weight is 253 g/mol. The fourth-order valence-electron chi connectivity index (χ4n) is 3.95. The molecule has 0 bridgehead atoms. The highest BCUT2D eigenvalue weighted by Gasteiger charge is 2.49. The Morgan fingerprint density at radius 1 is 1.06 bits per heavy atom. The molecule has 1 N–H and O–H groups in total. The third-order valence-corrected chi connectivity index (χ3v) is 5.05. The van der Waals surface area contributed by atoms with Gasteiger partial charge in [-0.2, -0.15) is 0 Å². The Morgan fingerprint density at radius 3 is 2.50 bits per heavy atom. The molecule has 3 heteroatoms. The van der Waals surface area contributed by atoms with E-state index >= 15 is 0 Å². The third kappa shape index (κ3) is 2.33. The molecule has 0 amide bonds. The molecule has 104 valence electrons. The molecule has 0 radical (unpaired) electrons. The predicted octanol–water partition coefficient (Wildman–Crippen LogP) is 2.49. The van der Waals surface area contributed by atoms with Crippen LogP contribution in [0.2, 0.25) is 0 Å². The van der Waals surface area contributed by atoms with Crippen LogP contribution in [0.25, 0.3) is 0 Å². The summed E-state index contributed by atoms with van der Waals surface area (Å²) in [5, 5.41) is 3.66. The summed E-state index contributed by atoms with van der Waals surface area (Å²) < 4.78 is 12.6. The molecular formula is C15H27NO2. The van der Waals surface area contributed by atoms with Crippen LogP contribution in [0.15, 0.2) is 0 Å². The molecule has 2 heterocycles. The van der Waals surface area contributed by atoms with E-state index in [4.69, 9.17) is 9.47 Å². The summed E-state index contributed by atoms with van der Waals surface area (Å²) in [6.07, 6.45) is 7.66. The second kappa shape index (κ2) is 4.77. The van der Waals surface area contributed by atoms with Crippen molar-refractivity contribution in [2.75, 3.05) is 19.7 Å². The van der Waals surface area contributed by atoms with E-state index in [-0.39, 0.29) is 11.2 Å². The molecule has 2 saturated heterocycles. The molecule has 3 aliphatic rings. The molecule has 0 aromatic rings. The van der Waals surface area contributed by atoms with Gasteiger partial charge >= 0.3 is 0 Å². The standard InChI is InChI=1S/C15H27NO2/c1-12(2)13-9-15(7-8-17-13)11-16-10-14(18-15)5-3-4-6-14/h12-13,16H,3-11H2,1-2H3. The molecule has 0 aromatic carbocycles. The molecule has 1 saturated carbocycles. The van der Waals surface area contributed by atoms with Crippen molar-refractivity contribution in [1.29, 1.82) is 0 Å². The van der Waals surface area contributed by atoms with Gasteiger partial charge in [-0.25, -0.2) is 0 Å². The van der Waals surface area contributed by atoms with Gasteiger partial charge in [0, 0.05) is 32.5 Å². The summed E-state index contributed by atoms with van der Waals surface area (Å²) in [7, 11) is 0. The zero-order chi connectivity index (χ0) is 12.6. The third-order valence-electron chi connectivity index (χ3n) is 5.05. The van der Waals surface area contributed by atoms with E-state index in [1.54, 1.807) is 0 Å². The van der Waals surface area contributed by atoms with Gasteiger partial charge < -0.3 is 14.8 Å². The lowest BCUT2D eigenvalue weighted by molar-refractivity contribution is -0.221. The Balaban J connectivity index is 1.73. The Morgan fingerprint density at radius 2 is 1.78 bits per heavy atom. The van der Waals surface area contributed by atoms with Crippen molar-refractivity contribution < 1.29 is 9.47 Å². The second-order valence-electron chi connectivity index (χ2n) is 6.89. The van der Waals surface area contributed by atoms with Gasteiger partial charge in [0.05, 0.1) is 17.3 Å². The highest BCUT2D eigenvalue weighted by atomic mass is 16.5. The van der Waals surface area contributed by atoms with Gasteiger partial charge in [-0.05, 0) is 18.8 Å². The lowest BCUT2D eigenvalue weighted by atomic mass is 9.83. The van der Waals surface area contributed by atoms with Crippen LogP contribution in [0.4, 0.5) is 0 Å².